The maximum Gasteiger partial charge on any atom is 0.147 e. The number of hydrogen-bond acceptors (Lipinski definition) is 9. The Labute approximate surface area is 237 Å². The van der Waals surface area contributed by atoms with Crippen molar-refractivity contribution >= 4 is 55.7 Å². The molecule has 0 fully saturated rings. The predicted octanol–water partition coefficient (Wildman–Crippen LogP) is 6.70. The summed E-state index contributed by atoms with van der Waals surface area (Å²) >= 11 is 1.63. The summed E-state index contributed by atoms with van der Waals surface area (Å²) in [7, 11) is 1.88. The number of pyridine rings is 1. The number of ether oxygens (including phenoxy) is 2. The molecule has 0 unspecified atom stereocenters. The van der Waals surface area contributed by atoms with Gasteiger partial charge in [0, 0.05) is 36.5 Å². The van der Waals surface area contributed by atoms with Crippen LogP contribution in [0, 0.1) is 0 Å². The Hall–Kier alpha value is -4.08. The van der Waals surface area contributed by atoms with Gasteiger partial charge < -0.3 is 20.1 Å². The van der Waals surface area contributed by atoms with E-state index >= 15 is 0 Å². The molecule has 0 saturated carbocycles. The van der Waals surface area contributed by atoms with Crippen molar-refractivity contribution in [1.29, 1.82) is 0 Å². The first-order chi connectivity index (χ1) is 19.5. The standard InChI is InChI=1S/C31H32N6O2S/c1-31(2)15-25-21(17-39-31)22(16-38-20-8-6-5-7-9-20)26-27-28(40-30(26)37-25)29(36-18-35-27)34-13-12-19-10-11-23(32-3)24(14-19)33-4/h5-11,14,18,32H,4,12-13,15-17H2,1-3H3,(H,34,35,36). The number of anilines is 2. The highest BCUT2D eigenvalue weighted by Gasteiger charge is 2.31. The van der Waals surface area contributed by atoms with Gasteiger partial charge in [-0.1, -0.05) is 24.3 Å². The molecule has 0 aliphatic carbocycles. The molecular weight excluding hydrogens is 520 g/mol. The highest BCUT2D eigenvalue weighted by Crippen LogP contribution is 2.41. The van der Waals surface area contributed by atoms with E-state index in [1.165, 1.54) is 5.56 Å². The fourth-order valence-electron chi connectivity index (χ4n) is 5.16. The van der Waals surface area contributed by atoms with Crippen LogP contribution in [0.2, 0.25) is 0 Å². The number of hydrogen-bond donors (Lipinski definition) is 2. The first-order valence-electron chi connectivity index (χ1n) is 13.4. The third kappa shape index (κ3) is 5.10. The fourth-order valence-corrected chi connectivity index (χ4v) is 6.30. The van der Waals surface area contributed by atoms with Crippen LogP contribution in [0.5, 0.6) is 5.75 Å². The fraction of sp³-hybridized carbons (Fsp3) is 0.290. The summed E-state index contributed by atoms with van der Waals surface area (Å²) in [6, 6.07) is 16.1. The van der Waals surface area contributed by atoms with Crippen molar-refractivity contribution in [3.05, 3.63) is 77.2 Å². The van der Waals surface area contributed by atoms with Crippen molar-refractivity contribution in [1.82, 2.24) is 15.0 Å². The lowest BCUT2D eigenvalue weighted by Crippen LogP contribution is -2.33. The molecule has 1 aliphatic rings. The topological polar surface area (TPSA) is 93.6 Å². The smallest absolute Gasteiger partial charge is 0.147 e. The molecular formula is C31H32N6O2S. The summed E-state index contributed by atoms with van der Waals surface area (Å²) < 4.78 is 13.5. The van der Waals surface area contributed by atoms with Gasteiger partial charge in [-0.15, -0.1) is 11.3 Å². The van der Waals surface area contributed by atoms with E-state index in [9.17, 15) is 0 Å². The van der Waals surface area contributed by atoms with Crippen LogP contribution in [0.4, 0.5) is 17.2 Å². The van der Waals surface area contributed by atoms with Crippen LogP contribution in [0.1, 0.15) is 36.2 Å². The number of benzene rings is 2. The van der Waals surface area contributed by atoms with Crippen molar-refractivity contribution in [2.45, 2.75) is 45.5 Å². The molecule has 8 nitrogen and oxygen atoms in total. The number of fused-ring (bicyclic) bond motifs is 4. The quantitative estimate of drug-likeness (QED) is 0.197. The van der Waals surface area contributed by atoms with Crippen LogP contribution in [-0.4, -0.2) is 40.9 Å². The van der Waals surface area contributed by atoms with Crippen LogP contribution in [-0.2, 0) is 30.8 Å². The molecule has 1 aliphatic heterocycles. The molecule has 5 aromatic rings. The van der Waals surface area contributed by atoms with Crippen LogP contribution in [0.3, 0.4) is 0 Å². The van der Waals surface area contributed by atoms with Gasteiger partial charge in [0.05, 0.1) is 39.5 Å². The molecule has 0 spiro atoms. The van der Waals surface area contributed by atoms with Crippen molar-refractivity contribution < 1.29 is 9.47 Å². The van der Waals surface area contributed by atoms with E-state index in [1.807, 2.05) is 43.4 Å². The van der Waals surface area contributed by atoms with Gasteiger partial charge in [-0.25, -0.2) is 15.0 Å². The Morgan fingerprint density at radius 2 is 2.00 bits per heavy atom. The first-order valence-corrected chi connectivity index (χ1v) is 14.2. The van der Waals surface area contributed by atoms with Gasteiger partial charge in [-0.3, -0.25) is 4.99 Å². The third-order valence-electron chi connectivity index (χ3n) is 7.24. The number of aliphatic imine (C=N–C) groups is 1. The van der Waals surface area contributed by atoms with Gasteiger partial charge in [0.2, 0.25) is 0 Å². The molecule has 0 bridgehead atoms. The zero-order chi connectivity index (χ0) is 27.7. The Bertz CT molecular complexity index is 1700. The van der Waals surface area contributed by atoms with E-state index < -0.39 is 0 Å². The SMILES string of the molecule is C=Nc1cc(CCNc2ncnc3c2sc2nc4c(c(COc5ccccc5)c23)COC(C)(C)C4)ccc1NC. The lowest BCUT2D eigenvalue weighted by molar-refractivity contribution is -0.0417. The van der Waals surface area contributed by atoms with E-state index in [2.05, 4.69) is 53.3 Å². The highest BCUT2D eigenvalue weighted by molar-refractivity contribution is 7.26. The summed E-state index contributed by atoms with van der Waals surface area (Å²) in [5.41, 5.74) is 6.87. The first kappa shape index (κ1) is 26.2. The molecule has 4 heterocycles. The number of nitrogens with one attached hydrogen (secondary N) is 2. The van der Waals surface area contributed by atoms with E-state index in [0.717, 1.165) is 73.0 Å². The van der Waals surface area contributed by atoms with Gasteiger partial charge in [-0.2, -0.15) is 0 Å². The minimum absolute atomic E-state index is 0.263. The maximum atomic E-state index is 6.26. The van der Waals surface area contributed by atoms with Crippen molar-refractivity contribution in [3.8, 4) is 5.75 Å². The normalized spacial score (nSPS) is 14.2. The maximum absolute atomic E-state index is 6.26. The molecule has 0 saturated heterocycles. The van der Waals surface area contributed by atoms with Crippen LogP contribution in [0.15, 0.2) is 59.9 Å². The third-order valence-corrected chi connectivity index (χ3v) is 8.32. The number of aromatic nitrogens is 3. The molecule has 3 aromatic heterocycles. The molecule has 204 valence electrons. The number of nitrogens with zero attached hydrogens (tertiary/aromatic N) is 4. The monoisotopic (exact) mass is 552 g/mol. The average Bonchev–Trinajstić information content (AvgIpc) is 3.34. The second-order valence-corrected chi connectivity index (χ2v) is 11.5. The Morgan fingerprint density at radius 3 is 2.80 bits per heavy atom. The lowest BCUT2D eigenvalue weighted by atomic mass is 9.92. The predicted molar refractivity (Wildman–Crippen MR) is 163 cm³/mol. The number of para-hydroxylation sites is 1. The number of thiophene rings is 1. The Morgan fingerprint density at radius 1 is 1.15 bits per heavy atom. The zero-order valence-corrected chi connectivity index (χ0v) is 23.8. The molecule has 0 amide bonds. The van der Waals surface area contributed by atoms with Crippen LogP contribution < -0.4 is 15.4 Å². The summed E-state index contributed by atoms with van der Waals surface area (Å²) in [6.07, 6.45) is 3.19. The largest absolute Gasteiger partial charge is 0.489 e. The zero-order valence-electron chi connectivity index (χ0n) is 23.0. The lowest BCUT2D eigenvalue weighted by Gasteiger charge is -2.32. The Kier molecular flexibility index (Phi) is 7.08. The number of rotatable bonds is 9. The van der Waals surface area contributed by atoms with Crippen molar-refractivity contribution in [2.75, 3.05) is 24.2 Å². The van der Waals surface area contributed by atoms with Gasteiger partial charge in [-0.05, 0) is 56.8 Å². The van der Waals surface area contributed by atoms with E-state index in [4.69, 9.17) is 19.4 Å². The van der Waals surface area contributed by atoms with Gasteiger partial charge >= 0.3 is 0 Å². The molecule has 9 heteroatoms. The van der Waals surface area contributed by atoms with Gasteiger partial charge in [0.1, 0.15) is 29.3 Å². The molecule has 2 aromatic carbocycles. The summed E-state index contributed by atoms with van der Waals surface area (Å²) in [6.45, 7) is 9.54. The van der Waals surface area contributed by atoms with Crippen LogP contribution in [0.25, 0.3) is 20.4 Å². The summed E-state index contributed by atoms with van der Waals surface area (Å²) in [4.78, 5) is 19.6. The van der Waals surface area contributed by atoms with Gasteiger partial charge in [0.15, 0.2) is 0 Å². The molecule has 0 atom stereocenters. The van der Waals surface area contributed by atoms with E-state index in [-0.39, 0.29) is 5.60 Å². The van der Waals surface area contributed by atoms with Gasteiger partial charge in [0.25, 0.3) is 0 Å². The van der Waals surface area contributed by atoms with E-state index in [0.29, 0.717) is 19.8 Å². The van der Waals surface area contributed by atoms with Crippen LogP contribution >= 0.6 is 11.3 Å². The van der Waals surface area contributed by atoms with Crippen molar-refractivity contribution in [2.24, 2.45) is 4.99 Å². The average molecular weight is 553 g/mol. The summed E-state index contributed by atoms with van der Waals surface area (Å²) in [5, 5.41) is 7.71. The molecule has 40 heavy (non-hydrogen) atoms. The van der Waals surface area contributed by atoms with Crippen molar-refractivity contribution in [3.63, 3.8) is 0 Å². The second kappa shape index (κ2) is 10.8. The molecule has 6 rings (SSSR count). The molecule has 0 radical (unpaired) electrons. The second-order valence-electron chi connectivity index (χ2n) is 10.5. The van der Waals surface area contributed by atoms with E-state index in [1.54, 1.807) is 17.7 Å². The highest BCUT2D eigenvalue weighted by atomic mass is 32.1. The minimum atomic E-state index is -0.263. The Balaban J connectivity index is 1.35. The summed E-state index contributed by atoms with van der Waals surface area (Å²) in [5.74, 6) is 1.64. The minimum Gasteiger partial charge on any atom is -0.489 e. The molecule has 2 N–H and O–H groups in total.